The number of rotatable bonds is 3. The second-order valence-corrected chi connectivity index (χ2v) is 5.71. The lowest BCUT2D eigenvalue weighted by Gasteiger charge is -2.20. The molecule has 0 fully saturated rings. The predicted octanol–water partition coefficient (Wildman–Crippen LogP) is 3.06. The summed E-state index contributed by atoms with van der Waals surface area (Å²) in [6.45, 7) is 3.05. The summed E-state index contributed by atoms with van der Waals surface area (Å²) < 4.78 is 11.0. The van der Waals surface area contributed by atoms with Crippen LogP contribution in [0.3, 0.4) is 0 Å². The summed E-state index contributed by atoms with van der Waals surface area (Å²) in [5.41, 5.74) is 1.91. The number of phenolic OH excluding ortho intramolecular Hbond substituents is 1. The van der Waals surface area contributed by atoms with Crippen LogP contribution < -0.4 is 14.8 Å². The second-order valence-electron chi connectivity index (χ2n) is 5.31. The molecule has 0 saturated heterocycles. The first-order chi connectivity index (χ1) is 11.0. The number of halogens is 1. The van der Waals surface area contributed by atoms with E-state index in [-0.39, 0.29) is 23.8 Å². The van der Waals surface area contributed by atoms with E-state index in [1.807, 2.05) is 6.92 Å². The number of fused-ring (bicyclic) bond motifs is 1. The maximum Gasteiger partial charge on any atom is 0.255 e. The first-order valence-electron chi connectivity index (χ1n) is 7.20. The number of amides is 1. The highest BCUT2D eigenvalue weighted by Gasteiger charge is 2.17. The third-order valence-electron chi connectivity index (χ3n) is 3.51. The molecule has 1 aliphatic rings. The summed E-state index contributed by atoms with van der Waals surface area (Å²) in [7, 11) is 0. The van der Waals surface area contributed by atoms with Crippen molar-refractivity contribution in [3.63, 3.8) is 0 Å². The van der Waals surface area contributed by atoms with Gasteiger partial charge in [0.15, 0.2) is 11.5 Å². The van der Waals surface area contributed by atoms with Crippen molar-refractivity contribution in [2.24, 2.45) is 0 Å². The second kappa shape index (κ2) is 6.38. The van der Waals surface area contributed by atoms with E-state index in [1.165, 1.54) is 0 Å². The Balaban J connectivity index is 1.73. The van der Waals surface area contributed by atoms with E-state index in [9.17, 15) is 9.90 Å². The van der Waals surface area contributed by atoms with Crippen LogP contribution in [0.5, 0.6) is 17.2 Å². The summed E-state index contributed by atoms with van der Waals surface area (Å²) in [5, 5.41) is 13.0. The Morgan fingerprint density at radius 2 is 2.04 bits per heavy atom. The minimum absolute atomic E-state index is 0.0392. The van der Waals surface area contributed by atoms with Crippen LogP contribution in [0.4, 0.5) is 0 Å². The van der Waals surface area contributed by atoms with E-state index >= 15 is 0 Å². The molecule has 120 valence electrons. The van der Waals surface area contributed by atoms with Crippen LogP contribution in [0.15, 0.2) is 30.3 Å². The van der Waals surface area contributed by atoms with Gasteiger partial charge >= 0.3 is 0 Å². The summed E-state index contributed by atoms with van der Waals surface area (Å²) >= 11 is 6.16. The molecule has 0 saturated carbocycles. The molecule has 2 N–H and O–H groups in total. The molecule has 2 aromatic carbocycles. The van der Waals surface area contributed by atoms with Crippen molar-refractivity contribution in [1.82, 2.24) is 5.32 Å². The molecular weight excluding hydrogens is 318 g/mol. The van der Waals surface area contributed by atoms with Gasteiger partial charge in [-0.3, -0.25) is 4.79 Å². The average molecular weight is 334 g/mol. The number of hydrogen-bond acceptors (Lipinski definition) is 4. The van der Waals surface area contributed by atoms with Crippen LogP contribution in [-0.2, 0) is 6.54 Å². The molecular formula is C17H16ClNO4. The third kappa shape index (κ3) is 3.35. The van der Waals surface area contributed by atoms with Gasteiger partial charge in [-0.2, -0.15) is 0 Å². The van der Waals surface area contributed by atoms with Crippen molar-refractivity contribution >= 4 is 17.5 Å². The first kappa shape index (κ1) is 15.5. The Morgan fingerprint density at radius 3 is 2.83 bits per heavy atom. The monoisotopic (exact) mass is 333 g/mol. The fourth-order valence-corrected chi connectivity index (χ4v) is 2.67. The lowest BCUT2D eigenvalue weighted by atomic mass is 10.1. The standard InChI is InChI=1S/C17H16ClNO4/c1-10-2-3-12(14(20)6-10)17(21)19-9-11-7-13(18)16-15(8-11)22-4-5-23-16/h2-3,6-8,20H,4-5,9H2,1H3,(H,19,21). The number of carbonyl (C=O) groups excluding carboxylic acids is 1. The molecule has 0 spiro atoms. The molecule has 0 radical (unpaired) electrons. The number of carbonyl (C=O) groups is 1. The zero-order valence-corrected chi connectivity index (χ0v) is 13.3. The Morgan fingerprint density at radius 1 is 1.26 bits per heavy atom. The van der Waals surface area contributed by atoms with E-state index < -0.39 is 0 Å². The first-order valence-corrected chi connectivity index (χ1v) is 7.58. The zero-order valence-electron chi connectivity index (χ0n) is 12.6. The number of ether oxygens (including phenoxy) is 2. The van der Waals surface area contributed by atoms with Crippen LogP contribution in [-0.4, -0.2) is 24.2 Å². The molecule has 0 bridgehead atoms. The number of aromatic hydroxyl groups is 1. The Hall–Kier alpha value is -2.40. The van der Waals surface area contributed by atoms with Gasteiger partial charge in [0.2, 0.25) is 0 Å². The van der Waals surface area contributed by atoms with Crippen molar-refractivity contribution in [2.45, 2.75) is 13.5 Å². The highest BCUT2D eigenvalue weighted by Crippen LogP contribution is 2.38. The summed E-state index contributed by atoms with van der Waals surface area (Å²) in [6, 6.07) is 8.43. The molecule has 0 aliphatic carbocycles. The zero-order chi connectivity index (χ0) is 16.4. The smallest absolute Gasteiger partial charge is 0.255 e. The van der Waals surface area contributed by atoms with E-state index in [1.54, 1.807) is 30.3 Å². The SMILES string of the molecule is Cc1ccc(C(=O)NCc2cc(Cl)c3c(c2)OCCO3)c(O)c1. The predicted molar refractivity (Wildman–Crippen MR) is 86.5 cm³/mol. The number of aryl methyl sites for hydroxylation is 1. The van der Waals surface area contributed by atoms with Gasteiger partial charge in [0, 0.05) is 6.54 Å². The van der Waals surface area contributed by atoms with Crippen LogP contribution in [0, 0.1) is 6.92 Å². The average Bonchev–Trinajstić information content (AvgIpc) is 2.53. The lowest BCUT2D eigenvalue weighted by molar-refractivity contribution is 0.0948. The van der Waals surface area contributed by atoms with Gasteiger partial charge in [-0.1, -0.05) is 17.7 Å². The van der Waals surface area contributed by atoms with Crippen LogP contribution in [0.25, 0.3) is 0 Å². The molecule has 3 rings (SSSR count). The summed E-state index contributed by atoms with van der Waals surface area (Å²) in [6.07, 6.45) is 0. The number of nitrogens with one attached hydrogen (secondary N) is 1. The summed E-state index contributed by atoms with van der Waals surface area (Å²) in [4.78, 5) is 12.2. The number of benzene rings is 2. The molecule has 1 aliphatic heterocycles. The van der Waals surface area contributed by atoms with Gasteiger partial charge in [-0.15, -0.1) is 0 Å². The molecule has 2 aromatic rings. The normalized spacial score (nSPS) is 12.8. The van der Waals surface area contributed by atoms with E-state index in [2.05, 4.69) is 5.32 Å². The quantitative estimate of drug-likeness (QED) is 0.906. The van der Waals surface area contributed by atoms with E-state index in [0.29, 0.717) is 29.7 Å². The molecule has 0 atom stereocenters. The minimum atomic E-state index is -0.353. The van der Waals surface area contributed by atoms with Crippen LogP contribution in [0.2, 0.25) is 5.02 Å². The highest BCUT2D eigenvalue weighted by atomic mass is 35.5. The Bertz CT molecular complexity index is 760. The van der Waals surface area contributed by atoms with Crippen molar-refractivity contribution in [1.29, 1.82) is 0 Å². The topological polar surface area (TPSA) is 67.8 Å². The molecule has 1 amide bonds. The third-order valence-corrected chi connectivity index (χ3v) is 3.79. The summed E-state index contributed by atoms with van der Waals surface area (Å²) in [5.74, 6) is 0.714. The van der Waals surface area contributed by atoms with Crippen molar-refractivity contribution in [3.05, 3.63) is 52.0 Å². The van der Waals surface area contributed by atoms with Gasteiger partial charge in [0.1, 0.15) is 19.0 Å². The maximum absolute atomic E-state index is 12.2. The van der Waals surface area contributed by atoms with Crippen LogP contribution >= 0.6 is 11.6 Å². The van der Waals surface area contributed by atoms with Gasteiger partial charge in [-0.25, -0.2) is 0 Å². The minimum Gasteiger partial charge on any atom is -0.507 e. The van der Waals surface area contributed by atoms with Crippen LogP contribution in [0.1, 0.15) is 21.5 Å². The van der Waals surface area contributed by atoms with Gasteiger partial charge < -0.3 is 19.9 Å². The van der Waals surface area contributed by atoms with Crippen molar-refractivity contribution < 1.29 is 19.4 Å². The fourth-order valence-electron chi connectivity index (χ4n) is 2.38. The highest BCUT2D eigenvalue weighted by molar-refractivity contribution is 6.32. The van der Waals surface area contributed by atoms with Gasteiger partial charge in [0.25, 0.3) is 5.91 Å². The van der Waals surface area contributed by atoms with Crippen molar-refractivity contribution in [3.8, 4) is 17.2 Å². The Labute approximate surface area is 138 Å². The largest absolute Gasteiger partial charge is 0.507 e. The lowest BCUT2D eigenvalue weighted by Crippen LogP contribution is -2.23. The number of phenols is 1. The van der Waals surface area contributed by atoms with Gasteiger partial charge in [-0.05, 0) is 42.3 Å². The molecule has 0 unspecified atom stereocenters. The van der Waals surface area contributed by atoms with Crippen molar-refractivity contribution in [2.75, 3.05) is 13.2 Å². The molecule has 1 heterocycles. The molecule has 6 heteroatoms. The molecule has 23 heavy (non-hydrogen) atoms. The molecule has 0 aromatic heterocycles. The Kier molecular flexibility index (Phi) is 4.30. The fraction of sp³-hybridized carbons (Fsp3) is 0.235. The molecule has 5 nitrogen and oxygen atoms in total. The van der Waals surface area contributed by atoms with E-state index in [4.69, 9.17) is 21.1 Å². The van der Waals surface area contributed by atoms with Gasteiger partial charge in [0.05, 0.1) is 10.6 Å². The number of hydrogen-bond donors (Lipinski definition) is 2. The van der Waals surface area contributed by atoms with E-state index in [0.717, 1.165) is 11.1 Å². The maximum atomic E-state index is 12.2.